The van der Waals surface area contributed by atoms with Crippen molar-refractivity contribution in [3.8, 4) is 0 Å². The first-order valence-corrected chi connectivity index (χ1v) is 5.57. The maximum absolute atomic E-state index is 13.6. The Kier molecular flexibility index (Phi) is 4.55. The Balaban J connectivity index is 2.84. The fourth-order valence-corrected chi connectivity index (χ4v) is 1.77. The average Bonchev–Trinajstić information content (AvgIpc) is 2.19. The van der Waals surface area contributed by atoms with Gasteiger partial charge in [0.25, 0.3) is 0 Å². The van der Waals surface area contributed by atoms with Crippen molar-refractivity contribution >= 4 is 11.6 Å². The first kappa shape index (κ1) is 12.5. The predicted molar refractivity (Wildman–Crippen MR) is 62.5 cm³/mol. The third-order valence-corrected chi connectivity index (χ3v) is 3.05. The molecular weight excluding hydrogens is 213 g/mol. The number of rotatable bonds is 4. The lowest BCUT2D eigenvalue weighted by Crippen LogP contribution is -2.22. The van der Waals surface area contributed by atoms with E-state index in [1.807, 2.05) is 0 Å². The van der Waals surface area contributed by atoms with Crippen LogP contribution in [0.4, 0.5) is 4.39 Å². The molecule has 0 saturated heterocycles. The summed E-state index contributed by atoms with van der Waals surface area (Å²) in [5, 5.41) is 0.187. The minimum absolute atomic E-state index is 0.187. The molecule has 1 aromatic carbocycles. The van der Waals surface area contributed by atoms with E-state index >= 15 is 0 Å². The van der Waals surface area contributed by atoms with Crippen molar-refractivity contribution in [2.24, 2.45) is 17.6 Å². The van der Waals surface area contributed by atoms with Crippen LogP contribution in [-0.4, -0.2) is 6.54 Å². The summed E-state index contributed by atoms with van der Waals surface area (Å²) in [6.45, 7) is 4.77. The van der Waals surface area contributed by atoms with E-state index in [0.29, 0.717) is 30.4 Å². The SMILES string of the molecule is CC(C)C(CN)Cc1cccc(Cl)c1F. The summed E-state index contributed by atoms with van der Waals surface area (Å²) in [4.78, 5) is 0. The van der Waals surface area contributed by atoms with E-state index in [1.54, 1.807) is 18.2 Å². The minimum atomic E-state index is -0.307. The zero-order chi connectivity index (χ0) is 11.4. The lowest BCUT2D eigenvalue weighted by molar-refractivity contribution is 0.386. The van der Waals surface area contributed by atoms with Gasteiger partial charge in [0.2, 0.25) is 0 Å². The molecule has 0 radical (unpaired) electrons. The van der Waals surface area contributed by atoms with Crippen molar-refractivity contribution in [3.63, 3.8) is 0 Å². The summed E-state index contributed by atoms with van der Waals surface area (Å²) >= 11 is 5.71. The molecule has 0 fully saturated rings. The highest BCUT2D eigenvalue weighted by Crippen LogP contribution is 2.22. The third kappa shape index (κ3) is 3.18. The van der Waals surface area contributed by atoms with Crippen LogP contribution in [0.5, 0.6) is 0 Å². The summed E-state index contributed by atoms with van der Waals surface area (Å²) in [5.74, 6) is 0.449. The minimum Gasteiger partial charge on any atom is -0.330 e. The van der Waals surface area contributed by atoms with Crippen LogP contribution in [0.2, 0.25) is 5.02 Å². The van der Waals surface area contributed by atoms with Gasteiger partial charge in [-0.25, -0.2) is 4.39 Å². The number of benzene rings is 1. The summed E-state index contributed by atoms with van der Waals surface area (Å²) in [5.41, 5.74) is 6.31. The van der Waals surface area contributed by atoms with Crippen LogP contribution in [0.1, 0.15) is 19.4 Å². The molecule has 1 aromatic rings. The number of halogens is 2. The Labute approximate surface area is 95.4 Å². The third-order valence-electron chi connectivity index (χ3n) is 2.76. The second kappa shape index (κ2) is 5.47. The van der Waals surface area contributed by atoms with Crippen LogP contribution in [0.25, 0.3) is 0 Å². The lowest BCUT2D eigenvalue weighted by Gasteiger charge is -2.19. The van der Waals surface area contributed by atoms with Gasteiger partial charge >= 0.3 is 0 Å². The highest BCUT2D eigenvalue weighted by molar-refractivity contribution is 6.30. The zero-order valence-corrected chi connectivity index (χ0v) is 9.89. The molecule has 3 heteroatoms. The van der Waals surface area contributed by atoms with Gasteiger partial charge < -0.3 is 5.73 Å². The Morgan fingerprint density at radius 2 is 2.07 bits per heavy atom. The second-order valence-corrected chi connectivity index (χ2v) is 4.56. The van der Waals surface area contributed by atoms with Gasteiger partial charge in [-0.2, -0.15) is 0 Å². The molecular formula is C12H17ClFN. The van der Waals surface area contributed by atoms with Gasteiger partial charge in [-0.1, -0.05) is 37.6 Å². The van der Waals surface area contributed by atoms with Gasteiger partial charge in [0.1, 0.15) is 5.82 Å². The van der Waals surface area contributed by atoms with Gasteiger partial charge in [0, 0.05) is 0 Å². The highest BCUT2D eigenvalue weighted by Gasteiger charge is 2.15. The maximum Gasteiger partial charge on any atom is 0.144 e. The maximum atomic E-state index is 13.6. The van der Waals surface area contributed by atoms with Crippen molar-refractivity contribution in [1.29, 1.82) is 0 Å². The Bertz CT molecular complexity index is 325. The molecule has 1 nitrogen and oxygen atoms in total. The van der Waals surface area contributed by atoms with Crippen molar-refractivity contribution < 1.29 is 4.39 Å². The van der Waals surface area contributed by atoms with Crippen LogP contribution >= 0.6 is 11.6 Å². The standard InChI is InChI=1S/C12H17ClFN/c1-8(2)10(7-15)6-9-4-3-5-11(13)12(9)14/h3-5,8,10H,6-7,15H2,1-2H3. The molecule has 0 bridgehead atoms. The Morgan fingerprint density at radius 3 is 2.60 bits per heavy atom. The summed E-state index contributed by atoms with van der Waals surface area (Å²) < 4.78 is 13.6. The topological polar surface area (TPSA) is 26.0 Å². The van der Waals surface area contributed by atoms with Crippen molar-refractivity contribution in [1.82, 2.24) is 0 Å². The zero-order valence-electron chi connectivity index (χ0n) is 9.13. The largest absolute Gasteiger partial charge is 0.330 e. The van der Waals surface area contributed by atoms with E-state index < -0.39 is 0 Å². The Morgan fingerprint density at radius 1 is 1.40 bits per heavy atom. The van der Waals surface area contributed by atoms with Gasteiger partial charge in [0.15, 0.2) is 0 Å². The van der Waals surface area contributed by atoms with Crippen LogP contribution in [0.15, 0.2) is 18.2 Å². The normalized spacial score (nSPS) is 13.2. The van der Waals surface area contributed by atoms with Gasteiger partial charge in [-0.05, 0) is 36.4 Å². The van der Waals surface area contributed by atoms with E-state index in [4.69, 9.17) is 17.3 Å². The van der Waals surface area contributed by atoms with Crippen LogP contribution in [-0.2, 0) is 6.42 Å². The first-order valence-electron chi connectivity index (χ1n) is 5.19. The van der Waals surface area contributed by atoms with Crippen molar-refractivity contribution in [3.05, 3.63) is 34.6 Å². The molecule has 2 N–H and O–H groups in total. The molecule has 0 aliphatic rings. The van der Waals surface area contributed by atoms with E-state index in [9.17, 15) is 4.39 Å². The monoisotopic (exact) mass is 229 g/mol. The van der Waals surface area contributed by atoms with Crippen molar-refractivity contribution in [2.45, 2.75) is 20.3 Å². The number of hydrogen-bond acceptors (Lipinski definition) is 1. The molecule has 0 aromatic heterocycles. The molecule has 0 spiro atoms. The summed E-state index contributed by atoms with van der Waals surface area (Å²) in [6.07, 6.45) is 0.653. The molecule has 0 amide bonds. The molecule has 1 unspecified atom stereocenters. The molecule has 0 aliphatic heterocycles. The van der Waals surface area contributed by atoms with Gasteiger partial charge in [0.05, 0.1) is 5.02 Å². The average molecular weight is 230 g/mol. The quantitative estimate of drug-likeness (QED) is 0.843. The number of hydrogen-bond donors (Lipinski definition) is 1. The van der Waals surface area contributed by atoms with E-state index in [0.717, 1.165) is 0 Å². The fourth-order valence-electron chi connectivity index (χ4n) is 1.58. The smallest absolute Gasteiger partial charge is 0.144 e. The fraction of sp³-hybridized carbons (Fsp3) is 0.500. The second-order valence-electron chi connectivity index (χ2n) is 4.16. The highest BCUT2D eigenvalue weighted by atomic mass is 35.5. The van der Waals surface area contributed by atoms with Crippen molar-refractivity contribution in [2.75, 3.05) is 6.54 Å². The summed E-state index contributed by atoms with van der Waals surface area (Å²) in [7, 11) is 0. The molecule has 0 aliphatic carbocycles. The van der Waals surface area contributed by atoms with E-state index in [-0.39, 0.29) is 10.8 Å². The van der Waals surface area contributed by atoms with E-state index in [1.165, 1.54) is 0 Å². The summed E-state index contributed by atoms with van der Waals surface area (Å²) in [6, 6.07) is 5.11. The Hall–Kier alpha value is -0.600. The van der Waals surface area contributed by atoms with Crippen LogP contribution in [0.3, 0.4) is 0 Å². The van der Waals surface area contributed by atoms with Gasteiger partial charge in [-0.3, -0.25) is 0 Å². The lowest BCUT2D eigenvalue weighted by atomic mass is 9.89. The molecule has 0 saturated carbocycles. The molecule has 15 heavy (non-hydrogen) atoms. The molecule has 0 heterocycles. The van der Waals surface area contributed by atoms with Crippen LogP contribution < -0.4 is 5.73 Å². The molecule has 1 atom stereocenters. The molecule has 1 rings (SSSR count). The van der Waals surface area contributed by atoms with Crippen LogP contribution in [0, 0.1) is 17.7 Å². The first-order chi connectivity index (χ1) is 7.06. The molecule has 84 valence electrons. The predicted octanol–water partition coefficient (Wildman–Crippen LogP) is 3.25. The number of nitrogens with two attached hydrogens (primary N) is 1. The van der Waals surface area contributed by atoms with E-state index in [2.05, 4.69) is 13.8 Å². The van der Waals surface area contributed by atoms with Gasteiger partial charge in [-0.15, -0.1) is 0 Å².